The molecule has 0 bridgehead atoms. The van der Waals surface area contributed by atoms with E-state index in [1.807, 2.05) is 37.3 Å². The molecule has 0 aliphatic heterocycles. The molecule has 146 valence electrons. The molecule has 0 heterocycles. The molecule has 0 aliphatic carbocycles. The Morgan fingerprint density at radius 1 is 0.893 bits per heavy atom. The van der Waals surface area contributed by atoms with Crippen LogP contribution in [0.2, 0.25) is 10.0 Å². The second-order valence-corrected chi connectivity index (χ2v) is 6.95. The maximum Gasteiger partial charge on any atom is 0.161 e. The van der Waals surface area contributed by atoms with E-state index in [1.54, 1.807) is 18.2 Å². The molecule has 0 fully saturated rings. The number of halogens is 3. The van der Waals surface area contributed by atoms with E-state index in [4.69, 9.17) is 32.7 Å². The number of hydrogen-bond donors (Lipinski definition) is 1. The van der Waals surface area contributed by atoms with Crippen molar-refractivity contribution in [1.82, 2.24) is 0 Å². The van der Waals surface area contributed by atoms with Crippen LogP contribution in [0, 0.1) is 5.82 Å². The van der Waals surface area contributed by atoms with Gasteiger partial charge >= 0.3 is 0 Å². The Hall–Kier alpha value is -2.43. The minimum absolute atomic E-state index is 0.260. The predicted octanol–water partition coefficient (Wildman–Crippen LogP) is 6.72. The molecule has 0 radical (unpaired) electrons. The standard InChI is InChI=1S/C22H20Cl2FNO2/c1-2-27-22-11-15(13-26-20-8-7-17(23)12-19(20)24)6-9-21(22)28-14-16-4-3-5-18(25)10-16/h3-12,26H,2,13-14H2,1H3. The molecule has 0 aromatic heterocycles. The SMILES string of the molecule is CCOc1cc(CNc2ccc(Cl)cc2Cl)ccc1OCc1cccc(F)c1. The van der Waals surface area contributed by atoms with Crippen molar-refractivity contribution < 1.29 is 13.9 Å². The Morgan fingerprint density at radius 2 is 1.75 bits per heavy atom. The Labute approximate surface area is 174 Å². The highest BCUT2D eigenvalue weighted by molar-refractivity contribution is 6.36. The third-order valence-corrected chi connectivity index (χ3v) is 4.55. The largest absolute Gasteiger partial charge is 0.490 e. The van der Waals surface area contributed by atoms with Gasteiger partial charge in [0.25, 0.3) is 0 Å². The van der Waals surface area contributed by atoms with Gasteiger partial charge in [-0.1, -0.05) is 41.4 Å². The average Bonchev–Trinajstić information content (AvgIpc) is 2.67. The van der Waals surface area contributed by atoms with E-state index in [0.29, 0.717) is 34.7 Å². The molecule has 28 heavy (non-hydrogen) atoms. The highest BCUT2D eigenvalue weighted by Gasteiger charge is 2.08. The number of rotatable bonds is 8. The van der Waals surface area contributed by atoms with Crippen molar-refractivity contribution >= 4 is 28.9 Å². The Kier molecular flexibility index (Phi) is 7.01. The Bertz CT molecular complexity index is 950. The molecule has 1 N–H and O–H groups in total. The van der Waals surface area contributed by atoms with Gasteiger partial charge in [-0.3, -0.25) is 0 Å². The zero-order valence-electron chi connectivity index (χ0n) is 15.3. The molecule has 0 spiro atoms. The molecule has 3 rings (SSSR count). The van der Waals surface area contributed by atoms with Crippen molar-refractivity contribution in [1.29, 1.82) is 0 Å². The summed E-state index contributed by atoms with van der Waals surface area (Å²) in [6.07, 6.45) is 0. The number of anilines is 1. The van der Waals surface area contributed by atoms with E-state index >= 15 is 0 Å². The first-order chi connectivity index (χ1) is 13.5. The Balaban J connectivity index is 1.69. The summed E-state index contributed by atoms with van der Waals surface area (Å²) < 4.78 is 24.9. The predicted molar refractivity (Wildman–Crippen MR) is 112 cm³/mol. The van der Waals surface area contributed by atoms with Crippen molar-refractivity contribution in [3.8, 4) is 11.5 Å². The molecule has 0 amide bonds. The van der Waals surface area contributed by atoms with Crippen molar-refractivity contribution in [2.75, 3.05) is 11.9 Å². The minimum atomic E-state index is -0.284. The van der Waals surface area contributed by atoms with Gasteiger partial charge in [-0.2, -0.15) is 0 Å². The first-order valence-corrected chi connectivity index (χ1v) is 9.62. The zero-order chi connectivity index (χ0) is 19.9. The van der Waals surface area contributed by atoms with Gasteiger partial charge in [0.1, 0.15) is 12.4 Å². The summed E-state index contributed by atoms with van der Waals surface area (Å²) in [6, 6.07) is 17.4. The summed E-state index contributed by atoms with van der Waals surface area (Å²) in [5.41, 5.74) is 2.56. The van der Waals surface area contributed by atoms with Gasteiger partial charge < -0.3 is 14.8 Å². The van der Waals surface area contributed by atoms with Crippen molar-refractivity contribution in [3.05, 3.63) is 87.7 Å². The molecule has 0 saturated carbocycles. The second kappa shape index (κ2) is 9.67. The number of hydrogen-bond acceptors (Lipinski definition) is 3. The van der Waals surface area contributed by atoms with Crippen LogP contribution in [0.1, 0.15) is 18.1 Å². The summed E-state index contributed by atoms with van der Waals surface area (Å²) in [5, 5.41) is 4.43. The van der Waals surface area contributed by atoms with Crippen molar-refractivity contribution in [2.24, 2.45) is 0 Å². The Morgan fingerprint density at radius 3 is 2.50 bits per heavy atom. The maximum atomic E-state index is 13.3. The third kappa shape index (κ3) is 5.54. The lowest BCUT2D eigenvalue weighted by Crippen LogP contribution is -2.03. The van der Waals surface area contributed by atoms with Gasteiger partial charge in [0.15, 0.2) is 11.5 Å². The molecular weight excluding hydrogens is 400 g/mol. The maximum absolute atomic E-state index is 13.3. The molecule has 3 aromatic rings. The van der Waals surface area contributed by atoms with Crippen LogP contribution < -0.4 is 14.8 Å². The normalized spacial score (nSPS) is 10.6. The van der Waals surface area contributed by atoms with Crippen LogP contribution in [0.25, 0.3) is 0 Å². The van der Waals surface area contributed by atoms with E-state index in [-0.39, 0.29) is 12.4 Å². The average molecular weight is 420 g/mol. The molecule has 0 aliphatic rings. The van der Waals surface area contributed by atoms with Gasteiger partial charge in [0, 0.05) is 11.6 Å². The third-order valence-electron chi connectivity index (χ3n) is 4.01. The molecule has 6 heteroatoms. The van der Waals surface area contributed by atoms with Gasteiger partial charge in [-0.15, -0.1) is 0 Å². The fraction of sp³-hybridized carbons (Fsp3) is 0.182. The highest BCUT2D eigenvalue weighted by Crippen LogP contribution is 2.31. The summed E-state index contributed by atoms with van der Waals surface area (Å²) in [5.74, 6) is 0.966. The summed E-state index contributed by atoms with van der Waals surface area (Å²) in [4.78, 5) is 0. The number of nitrogens with one attached hydrogen (secondary N) is 1. The van der Waals surface area contributed by atoms with Gasteiger partial charge in [-0.25, -0.2) is 4.39 Å². The molecular formula is C22H20Cl2FNO2. The fourth-order valence-electron chi connectivity index (χ4n) is 2.67. The highest BCUT2D eigenvalue weighted by atomic mass is 35.5. The number of ether oxygens (including phenoxy) is 2. The summed E-state index contributed by atoms with van der Waals surface area (Å²) in [6.45, 7) is 3.24. The van der Waals surface area contributed by atoms with Crippen molar-refractivity contribution in [3.63, 3.8) is 0 Å². The lowest BCUT2D eigenvalue weighted by molar-refractivity contribution is 0.269. The lowest BCUT2D eigenvalue weighted by atomic mass is 10.2. The summed E-state index contributed by atoms with van der Waals surface area (Å²) >= 11 is 12.1. The van der Waals surface area contributed by atoms with Crippen LogP contribution in [-0.4, -0.2) is 6.61 Å². The van der Waals surface area contributed by atoms with E-state index in [0.717, 1.165) is 16.8 Å². The van der Waals surface area contributed by atoms with Crippen LogP contribution in [0.3, 0.4) is 0 Å². The number of benzene rings is 3. The molecule has 3 aromatic carbocycles. The first kappa shape index (κ1) is 20.3. The molecule has 0 atom stereocenters. The smallest absolute Gasteiger partial charge is 0.161 e. The first-order valence-electron chi connectivity index (χ1n) is 8.87. The summed E-state index contributed by atoms with van der Waals surface area (Å²) in [7, 11) is 0. The minimum Gasteiger partial charge on any atom is -0.490 e. The van der Waals surface area contributed by atoms with E-state index in [1.165, 1.54) is 12.1 Å². The van der Waals surface area contributed by atoms with Crippen LogP contribution in [0.4, 0.5) is 10.1 Å². The molecule has 0 saturated heterocycles. The topological polar surface area (TPSA) is 30.5 Å². The van der Waals surface area contributed by atoms with E-state index in [2.05, 4.69) is 5.32 Å². The fourth-order valence-corrected chi connectivity index (χ4v) is 3.14. The monoisotopic (exact) mass is 419 g/mol. The van der Waals surface area contributed by atoms with E-state index in [9.17, 15) is 4.39 Å². The van der Waals surface area contributed by atoms with E-state index < -0.39 is 0 Å². The van der Waals surface area contributed by atoms with Crippen LogP contribution >= 0.6 is 23.2 Å². The van der Waals surface area contributed by atoms with Crippen molar-refractivity contribution in [2.45, 2.75) is 20.1 Å². The van der Waals surface area contributed by atoms with Crippen LogP contribution in [-0.2, 0) is 13.2 Å². The van der Waals surface area contributed by atoms with Gasteiger partial charge in [-0.05, 0) is 60.5 Å². The molecule has 3 nitrogen and oxygen atoms in total. The van der Waals surface area contributed by atoms with Gasteiger partial charge in [0.05, 0.1) is 17.3 Å². The zero-order valence-corrected chi connectivity index (χ0v) is 16.9. The quantitative estimate of drug-likeness (QED) is 0.439. The molecule has 0 unspecified atom stereocenters. The van der Waals surface area contributed by atoms with Gasteiger partial charge in [0.2, 0.25) is 0 Å². The second-order valence-electron chi connectivity index (χ2n) is 6.11. The van der Waals surface area contributed by atoms with Crippen LogP contribution in [0.5, 0.6) is 11.5 Å². The van der Waals surface area contributed by atoms with Crippen LogP contribution in [0.15, 0.2) is 60.7 Å². The lowest BCUT2D eigenvalue weighted by Gasteiger charge is -2.14.